The summed E-state index contributed by atoms with van der Waals surface area (Å²) in [5.41, 5.74) is 0.506. The Hall–Kier alpha value is -2.83. The Bertz CT molecular complexity index is 1230. The molecule has 34 heavy (non-hydrogen) atoms. The first kappa shape index (κ1) is 24.3. The zero-order chi connectivity index (χ0) is 24.3. The summed E-state index contributed by atoms with van der Waals surface area (Å²) in [6.45, 7) is 4.38. The number of nitrogens with one attached hydrogen (secondary N) is 1. The van der Waals surface area contributed by atoms with Crippen LogP contribution in [-0.2, 0) is 21.3 Å². The van der Waals surface area contributed by atoms with Gasteiger partial charge in [-0.2, -0.15) is 0 Å². The molecule has 0 aromatic carbocycles. The summed E-state index contributed by atoms with van der Waals surface area (Å²) in [6, 6.07) is 5.27. The summed E-state index contributed by atoms with van der Waals surface area (Å²) in [5.74, 6) is 0.796. The van der Waals surface area contributed by atoms with Gasteiger partial charge in [-0.3, -0.25) is 9.29 Å². The van der Waals surface area contributed by atoms with Gasteiger partial charge in [-0.1, -0.05) is 24.6 Å². The number of hydrogen-bond donors (Lipinski definition) is 1. The highest BCUT2D eigenvalue weighted by Crippen LogP contribution is 2.27. The highest BCUT2D eigenvalue weighted by molar-refractivity contribution is 7.93. The van der Waals surface area contributed by atoms with Crippen LogP contribution in [0.15, 0.2) is 30.6 Å². The molecule has 4 rings (SSSR count). The van der Waals surface area contributed by atoms with Crippen molar-refractivity contribution in [3.8, 4) is 17.4 Å². The summed E-state index contributed by atoms with van der Waals surface area (Å²) in [5, 5.41) is 7.89. The summed E-state index contributed by atoms with van der Waals surface area (Å²) >= 11 is 5.86. The Kier molecular flexibility index (Phi) is 7.29. The van der Waals surface area contributed by atoms with Gasteiger partial charge >= 0.3 is 0 Å². The molecule has 182 valence electrons. The third kappa shape index (κ3) is 5.29. The van der Waals surface area contributed by atoms with E-state index in [1.165, 1.54) is 19.5 Å². The van der Waals surface area contributed by atoms with Crippen molar-refractivity contribution in [2.24, 2.45) is 0 Å². The molecule has 1 fully saturated rings. The fourth-order valence-corrected chi connectivity index (χ4v) is 4.99. The quantitative estimate of drug-likeness (QED) is 0.463. The average molecular weight is 508 g/mol. The molecule has 3 atom stereocenters. The van der Waals surface area contributed by atoms with Gasteiger partial charge in [0, 0.05) is 31.0 Å². The maximum Gasteiger partial charge on any atom is 0.238 e. The largest absolute Gasteiger partial charge is 0.481 e. The van der Waals surface area contributed by atoms with Crippen molar-refractivity contribution in [1.82, 2.24) is 29.7 Å². The van der Waals surface area contributed by atoms with Gasteiger partial charge in [0.1, 0.15) is 11.5 Å². The van der Waals surface area contributed by atoms with Crippen molar-refractivity contribution in [3.63, 3.8) is 0 Å². The Labute approximate surface area is 203 Å². The third-order valence-electron chi connectivity index (χ3n) is 5.80. The second-order valence-electron chi connectivity index (χ2n) is 8.06. The first-order valence-electron chi connectivity index (χ1n) is 10.8. The van der Waals surface area contributed by atoms with Gasteiger partial charge in [0.15, 0.2) is 5.82 Å². The van der Waals surface area contributed by atoms with E-state index in [1.807, 2.05) is 0 Å². The van der Waals surface area contributed by atoms with E-state index in [2.05, 4.69) is 29.9 Å². The van der Waals surface area contributed by atoms with Crippen LogP contribution in [0.2, 0.25) is 5.02 Å². The Morgan fingerprint density at radius 1 is 1.26 bits per heavy atom. The molecule has 0 bridgehead atoms. The molecular formula is C21H26ClN7O4S. The lowest BCUT2D eigenvalue weighted by atomic mass is 10.1. The van der Waals surface area contributed by atoms with Crippen molar-refractivity contribution >= 4 is 27.6 Å². The van der Waals surface area contributed by atoms with Crippen LogP contribution >= 0.6 is 11.6 Å². The van der Waals surface area contributed by atoms with Crippen LogP contribution in [-0.4, -0.2) is 63.2 Å². The predicted molar refractivity (Wildman–Crippen MR) is 126 cm³/mol. The van der Waals surface area contributed by atoms with Gasteiger partial charge in [0.25, 0.3) is 0 Å². The van der Waals surface area contributed by atoms with E-state index >= 15 is 0 Å². The third-order valence-corrected chi connectivity index (χ3v) is 7.85. The number of pyridine rings is 1. The van der Waals surface area contributed by atoms with E-state index in [-0.39, 0.29) is 12.1 Å². The standard InChI is InChI=1S/C21H26ClN7O4S/c1-13(19-23-10-15(22)11-24-19)14(2)34(30,31)28-21-27-26-20(17-7-4-8-18(25-17)32-3)29(21)12-16-6-5-9-33-16/h4,7-8,10-11,13-14,16H,5-6,9,12H2,1-3H3,(H,27,28)/t13?,14?,16-/m1/s1. The number of methoxy groups -OCH3 is 1. The van der Waals surface area contributed by atoms with Crippen LogP contribution in [0, 0.1) is 0 Å². The molecule has 2 unspecified atom stereocenters. The summed E-state index contributed by atoms with van der Waals surface area (Å²) in [4.78, 5) is 12.7. The normalized spacial score (nSPS) is 17.9. The van der Waals surface area contributed by atoms with Gasteiger partial charge in [-0.25, -0.2) is 23.4 Å². The number of rotatable bonds is 9. The van der Waals surface area contributed by atoms with Crippen LogP contribution in [0.3, 0.4) is 0 Å². The fraction of sp³-hybridized carbons (Fsp3) is 0.476. The molecule has 0 saturated carbocycles. The van der Waals surface area contributed by atoms with Crippen molar-refractivity contribution in [2.75, 3.05) is 18.4 Å². The first-order chi connectivity index (χ1) is 16.3. The summed E-state index contributed by atoms with van der Waals surface area (Å²) in [6.07, 6.45) is 4.60. The SMILES string of the molecule is COc1cccc(-c2nnc(NS(=O)(=O)C(C)C(C)c3ncc(Cl)cn3)n2C[C@H]2CCCO2)n1. The molecule has 1 saturated heterocycles. The predicted octanol–water partition coefficient (Wildman–Crippen LogP) is 2.91. The number of halogens is 1. The van der Waals surface area contributed by atoms with Crippen molar-refractivity contribution in [3.05, 3.63) is 41.4 Å². The van der Waals surface area contributed by atoms with Gasteiger partial charge in [0.2, 0.25) is 21.9 Å². The minimum Gasteiger partial charge on any atom is -0.481 e. The molecule has 13 heteroatoms. The smallest absolute Gasteiger partial charge is 0.238 e. The Balaban J connectivity index is 1.64. The molecule has 0 amide bonds. The fourth-order valence-electron chi connectivity index (χ4n) is 3.64. The van der Waals surface area contributed by atoms with E-state index < -0.39 is 21.2 Å². The van der Waals surface area contributed by atoms with Crippen molar-refractivity contribution in [2.45, 2.75) is 50.5 Å². The molecule has 0 radical (unpaired) electrons. The lowest BCUT2D eigenvalue weighted by Crippen LogP contribution is -2.32. The second-order valence-corrected chi connectivity index (χ2v) is 10.5. The van der Waals surface area contributed by atoms with Crippen LogP contribution in [0.4, 0.5) is 5.95 Å². The van der Waals surface area contributed by atoms with Crippen LogP contribution < -0.4 is 9.46 Å². The van der Waals surface area contributed by atoms with Crippen LogP contribution in [0.1, 0.15) is 38.4 Å². The average Bonchev–Trinajstić information content (AvgIpc) is 3.49. The maximum absolute atomic E-state index is 13.3. The molecule has 1 aliphatic rings. The van der Waals surface area contributed by atoms with Gasteiger partial charge < -0.3 is 9.47 Å². The number of hydrogen-bond acceptors (Lipinski definition) is 9. The second kappa shape index (κ2) is 10.2. The van der Waals surface area contributed by atoms with E-state index in [0.717, 1.165) is 12.8 Å². The zero-order valence-corrected chi connectivity index (χ0v) is 20.6. The molecule has 0 aliphatic carbocycles. The number of nitrogens with zero attached hydrogens (tertiary/aromatic N) is 6. The minimum absolute atomic E-state index is 0.0811. The molecule has 3 aromatic heterocycles. The van der Waals surface area contributed by atoms with E-state index in [0.29, 0.717) is 41.4 Å². The van der Waals surface area contributed by atoms with Crippen LogP contribution in [0.5, 0.6) is 5.88 Å². The Morgan fingerprint density at radius 3 is 2.71 bits per heavy atom. The molecule has 0 spiro atoms. The lowest BCUT2D eigenvalue weighted by Gasteiger charge is -2.21. The molecule has 1 aliphatic heterocycles. The molecule has 11 nitrogen and oxygen atoms in total. The summed E-state index contributed by atoms with van der Waals surface area (Å²) in [7, 11) is -2.36. The molecule has 3 aromatic rings. The molecule has 1 N–H and O–H groups in total. The highest BCUT2D eigenvalue weighted by atomic mass is 35.5. The highest BCUT2D eigenvalue weighted by Gasteiger charge is 2.32. The topological polar surface area (TPSA) is 134 Å². The lowest BCUT2D eigenvalue weighted by molar-refractivity contribution is 0.0977. The van der Waals surface area contributed by atoms with Crippen molar-refractivity contribution in [1.29, 1.82) is 0 Å². The van der Waals surface area contributed by atoms with Gasteiger partial charge in [-0.05, 0) is 25.8 Å². The number of anilines is 1. The maximum atomic E-state index is 13.3. The monoisotopic (exact) mass is 507 g/mol. The van der Waals surface area contributed by atoms with Crippen molar-refractivity contribution < 1.29 is 17.9 Å². The van der Waals surface area contributed by atoms with Gasteiger partial charge in [0.05, 0.1) is 30.0 Å². The minimum atomic E-state index is -3.88. The molecular weight excluding hydrogens is 482 g/mol. The number of aromatic nitrogens is 6. The van der Waals surface area contributed by atoms with E-state index in [1.54, 1.807) is 36.6 Å². The van der Waals surface area contributed by atoms with Crippen LogP contribution in [0.25, 0.3) is 11.5 Å². The summed E-state index contributed by atoms with van der Waals surface area (Å²) < 4.78 is 41.8. The number of sulfonamides is 1. The Morgan fingerprint density at radius 2 is 2.03 bits per heavy atom. The first-order valence-corrected chi connectivity index (χ1v) is 12.8. The van der Waals surface area contributed by atoms with E-state index in [9.17, 15) is 8.42 Å². The number of ether oxygens (including phenoxy) is 2. The van der Waals surface area contributed by atoms with Gasteiger partial charge in [-0.15, -0.1) is 10.2 Å². The zero-order valence-electron chi connectivity index (χ0n) is 19.0. The van der Waals surface area contributed by atoms with E-state index in [4.69, 9.17) is 21.1 Å². The molecule has 4 heterocycles.